The molecule has 0 spiro atoms. The topological polar surface area (TPSA) is 81.4 Å². The molecule has 19 heavy (non-hydrogen) atoms. The van der Waals surface area contributed by atoms with E-state index in [4.69, 9.17) is 22.1 Å². The minimum atomic E-state index is -0.667. The Kier molecular flexibility index (Phi) is 5.63. The van der Waals surface area contributed by atoms with E-state index in [-0.39, 0.29) is 23.8 Å². The lowest BCUT2D eigenvalue weighted by Crippen LogP contribution is -2.31. The predicted molar refractivity (Wildman–Crippen MR) is 74.0 cm³/mol. The molecule has 1 aromatic rings. The van der Waals surface area contributed by atoms with Gasteiger partial charge in [0.25, 0.3) is 5.91 Å². The van der Waals surface area contributed by atoms with E-state index in [1.807, 2.05) is 13.8 Å². The third-order valence-corrected chi connectivity index (χ3v) is 2.51. The van der Waals surface area contributed by atoms with E-state index in [9.17, 15) is 9.59 Å². The molecule has 0 radical (unpaired) electrons. The second-order valence-electron chi connectivity index (χ2n) is 4.51. The maximum atomic E-state index is 11.7. The highest BCUT2D eigenvalue weighted by atomic mass is 35.5. The van der Waals surface area contributed by atoms with Crippen LogP contribution in [0.5, 0.6) is 0 Å². The molecule has 0 bridgehead atoms. The molecule has 104 valence electrons. The van der Waals surface area contributed by atoms with Crippen LogP contribution in [0.1, 0.15) is 24.2 Å². The van der Waals surface area contributed by atoms with Crippen molar-refractivity contribution in [1.82, 2.24) is 5.32 Å². The average molecular weight is 285 g/mol. The lowest BCUT2D eigenvalue weighted by Gasteiger charge is -2.09. The van der Waals surface area contributed by atoms with Crippen LogP contribution in [0.25, 0.3) is 0 Å². The molecule has 0 aromatic heterocycles. The summed E-state index contributed by atoms with van der Waals surface area (Å²) in [5.41, 5.74) is 6.05. The zero-order valence-electron chi connectivity index (χ0n) is 10.9. The molecule has 0 aliphatic carbocycles. The van der Waals surface area contributed by atoms with Crippen LogP contribution in [-0.2, 0) is 9.53 Å². The minimum Gasteiger partial charge on any atom is -0.452 e. The smallest absolute Gasteiger partial charge is 0.340 e. The van der Waals surface area contributed by atoms with E-state index < -0.39 is 5.97 Å². The lowest BCUT2D eigenvalue weighted by molar-refractivity contribution is -0.124. The number of esters is 1. The van der Waals surface area contributed by atoms with E-state index >= 15 is 0 Å². The Labute approximate surface area is 117 Å². The number of halogens is 1. The number of ether oxygens (including phenoxy) is 1. The van der Waals surface area contributed by atoms with Crippen LogP contribution in [-0.4, -0.2) is 25.0 Å². The molecule has 0 aliphatic heterocycles. The first-order valence-electron chi connectivity index (χ1n) is 5.89. The predicted octanol–water partition coefficient (Wildman–Crippen LogP) is 1.85. The summed E-state index contributed by atoms with van der Waals surface area (Å²) >= 11 is 5.77. The largest absolute Gasteiger partial charge is 0.452 e. The van der Waals surface area contributed by atoms with Gasteiger partial charge in [0, 0.05) is 17.3 Å². The second-order valence-corrected chi connectivity index (χ2v) is 4.94. The van der Waals surface area contributed by atoms with E-state index in [2.05, 4.69) is 5.32 Å². The number of rotatable bonds is 5. The van der Waals surface area contributed by atoms with Crippen LogP contribution < -0.4 is 11.1 Å². The van der Waals surface area contributed by atoms with Crippen molar-refractivity contribution in [3.63, 3.8) is 0 Å². The van der Waals surface area contributed by atoms with E-state index in [0.717, 1.165) is 0 Å². The van der Waals surface area contributed by atoms with Crippen LogP contribution in [0.4, 0.5) is 5.69 Å². The van der Waals surface area contributed by atoms with Gasteiger partial charge in [0.2, 0.25) is 0 Å². The van der Waals surface area contributed by atoms with Gasteiger partial charge >= 0.3 is 5.97 Å². The molecule has 0 aliphatic rings. The number of carbonyl (C=O) groups excluding carboxylic acids is 2. The monoisotopic (exact) mass is 284 g/mol. The molecule has 5 nitrogen and oxygen atoms in total. The summed E-state index contributed by atoms with van der Waals surface area (Å²) in [6, 6.07) is 4.49. The zero-order chi connectivity index (χ0) is 14.4. The third-order valence-electron chi connectivity index (χ3n) is 2.28. The highest BCUT2D eigenvalue weighted by molar-refractivity contribution is 6.31. The number of nitrogen functional groups attached to an aromatic ring is 1. The van der Waals surface area contributed by atoms with Crippen molar-refractivity contribution in [3.8, 4) is 0 Å². The Morgan fingerprint density at radius 3 is 2.74 bits per heavy atom. The van der Waals surface area contributed by atoms with Crippen molar-refractivity contribution in [2.24, 2.45) is 5.92 Å². The van der Waals surface area contributed by atoms with Crippen molar-refractivity contribution in [3.05, 3.63) is 28.8 Å². The van der Waals surface area contributed by atoms with Crippen LogP contribution in [0.2, 0.25) is 5.02 Å². The van der Waals surface area contributed by atoms with Gasteiger partial charge in [0.15, 0.2) is 6.61 Å². The Bertz CT molecular complexity index is 475. The van der Waals surface area contributed by atoms with Crippen LogP contribution >= 0.6 is 11.6 Å². The highest BCUT2D eigenvalue weighted by Gasteiger charge is 2.13. The molecule has 0 saturated carbocycles. The number of hydrogen-bond donors (Lipinski definition) is 2. The number of nitrogens with two attached hydrogens (primary N) is 1. The van der Waals surface area contributed by atoms with Gasteiger partial charge in [-0.15, -0.1) is 0 Å². The van der Waals surface area contributed by atoms with Gasteiger partial charge in [-0.1, -0.05) is 25.4 Å². The fourth-order valence-electron chi connectivity index (χ4n) is 1.28. The van der Waals surface area contributed by atoms with Gasteiger partial charge in [0.1, 0.15) is 0 Å². The van der Waals surface area contributed by atoms with E-state index in [1.165, 1.54) is 12.1 Å². The minimum absolute atomic E-state index is 0.157. The molecule has 6 heteroatoms. The Morgan fingerprint density at radius 1 is 1.42 bits per heavy atom. The standard InChI is InChI=1S/C13H17ClN2O3/c1-8(2)6-16-12(17)7-19-13(18)10-5-9(14)3-4-11(10)15/h3-5,8H,6-7,15H2,1-2H3,(H,16,17). The van der Waals surface area contributed by atoms with Crippen molar-refractivity contribution < 1.29 is 14.3 Å². The summed E-state index contributed by atoms with van der Waals surface area (Å²) in [6.45, 7) is 4.14. The molecule has 0 saturated heterocycles. The quantitative estimate of drug-likeness (QED) is 0.639. The summed E-state index contributed by atoms with van der Waals surface area (Å²) in [5.74, 6) is -0.675. The number of nitrogens with one attached hydrogen (secondary N) is 1. The molecule has 0 heterocycles. The summed E-state index contributed by atoms with van der Waals surface area (Å²) in [5, 5.41) is 3.02. The number of anilines is 1. The van der Waals surface area contributed by atoms with E-state index in [1.54, 1.807) is 6.07 Å². The van der Waals surface area contributed by atoms with E-state index in [0.29, 0.717) is 17.5 Å². The molecule has 0 atom stereocenters. The molecule has 1 rings (SSSR count). The van der Waals surface area contributed by atoms with Gasteiger partial charge in [0.05, 0.1) is 5.56 Å². The van der Waals surface area contributed by atoms with Crippen molar-refractivity contribution in [2.75, 3.05) is 18.9 Å². The van der Waals surface area contributed by atoms with Gasteiger partial charge < -0.3 is 15.8 Å². The Hall–Kier alpha value is -1.75. The van der Waals surface area contributed by atoms with Crippen LogP contribution in [0.3, 0.4) is 0 Å². The number of benzene rings is 1. The summed E-state index contributed by atoms with van der Waals surface area (Å²) in [7, 11) is 0. The lowest BCUT2D eigenvalue weighted by atomic mass is 10.2. The fraction of sp³-hybridized carbons (Fsp3) is 0.385. The first-order valence-corrected chi connectivity index (χ1v) is 6.26. The SMILES string of the molecule is CC(C)CNC(=O)COC(=O)c1cc(Cl)ccc1N. The van der Waals surface area contributed by atoms with Crippen LogP contribution in [0.15, 0.2) is 18.2 Å². The average Bonchev–Trinajstić information content (AvgIpc) is 2.36. The Morgan fingerprint density at radius 2 is 2.11 bits per heavy atom. The first-order chi connectivity index (χ1) is 8.90. The van der Waals surface area contributed by atoms with Crippen molar-refractivity contribution >= 4 is 29.2 Å². The van der Waals surface area contributed by atoms with Gasteiger partial charge in [-0.3, -0.25) is 4.79 Å². The number of amides is 1. The Balaban J connectivity index is 2.51. The van der Waals surface area contributed by atoms with Gasteiger partial charge in [-0.05, 0) is 24.1 Å². The molecule has 3 N–H and O–H groups in total. The van der Waals surface area contributed by atoms with Crippen LogP contribution in [0, 0.1) is 5.92 Å². The summed E-state index contributed by atoms with van der Waals surface area (Å²) in [6.07, 6.45) is 0. The first kappa shape index (κ1) is 15.3. The normalized spacial score (nSPS) is 10.3. The van der Waals surface area contributed by atoms with Crippen molar-refractivity contribution in [2.45, 2.75) is 13.8 Å². The summed E-state index contributed by atoms with van der Waals surface area (Å²) < 4.78 is 4.87. The zero-order valence-corrected chi connectivity index (χ0v) is 11.7. The number of hydrogen-bond acceptors (Lipinski definition) is 4. The van der Waals surface area contributed by atoms with Crippen molar-refractivity contribution in [1.29, 1.82) is 0 Å². The third kappa shape index (κ3) is 5.18. The maximum Gasteiger partial charge on any atom is 0.340 e. The highest BCUT2D eigenvalue weighted by Crippen LogP contribution is 2.18. The second kappa shape index (κ2) is 6.99. The summed E-state index contributed by atoms with van der Waals surface area (Å²) in [4.78, 5) is 23.1. The van der Waals surface area contributed by atoms with Gasteiger partial charge in [-0.2, -0.15) is 0 Å². The molecule has 1 amide bonds. The molecule has 1 aromatic carbocycles. The number of carbonyl (C=O) groups is 2. The molecular formula is C13H17ClN2O3. The molecular weight excluding hydrogens is 268 g/mol. The fourth-order valence-corrected chi connectivity index (χ4v) is 1.46. The molecule has 0 fully saturated rings. The van der Waals surface area contributed by atoms with Gasteiger partial charge in [-0.25, -0.2) is 4.79 Å². The maximum absolute atomic E-state index is 11.7. The molecule has 0 unspecified atom stereocenters.